The van der Waals surface area contributed by atoms with E-state index < -0.39 is 0 Å². The SMILES string of the molecule is Cc1cc(Nc2cnn(C(C)C)c2)c2ccccc2n1. The van der Waals surface area contributed by atoms with E-state index in [0.717, 1.165) is 28.0 Å². The standard InChI is InChI=1S/C16H18N4/c1-11(2)20-10-13(9-17-20)19-16-8-12(3)18-15-7-5-4-6-14(15)16/h4-11H,1-3H3,(H,18,19). The summed E-state index contributed by atoms with van der Waals surface area (Å²) in [5.41, 5.74) is 4.07. The number of nitrogens with zero attached hydrogens (tertiary/aromatic N) is 3. The first-order valence-electron chi connectivity index (χ1n) is 6.81. The van der Waals surface area contributed by atoms with Gasteiger partial charge in [0.2, 0.25) is 0 Å². The predicted molar refractivity (Wildman–Crippen MR) is 82.4 cm³/mol. The molecule has 2 heterocycles. The zero-order chi connectivity index (χ0) is 14.1. The number of hydrogen-bond acceptors (Lipinski definition) is 3. The number of hydrogen-bond donors (Lipinski definition) is 1. The lowest BCUT2D eigenvalue weighted by molar-refractivity contribution is 0.532. The van der Waals surface area contributed by atoms with Crippen molar-refractivity contribution in [3.63, 3.8) is 0 Å². The molecule has 102 valence electrons. The Morgan fingerprint density at radius 3 is 2.75 bits per heavy atom. The van der Waals surface area contributed by atoms with Crippen LogP contribution in [0.15, 0.2) is 42.7 Å². The minimum absolute atomic E-state index is 0.362. The van der Waals surface area contributed by atoms with Gasteiger partial charge in [-0.05, 0) is 32.9 Å². The van der Waals surface area contributed by atoms with Crippen LogP contribution >= 0.6 is 0 Å². The first-order chi connectivity index (χ1) is 9.63. The predicted octanol–water partition coefficient (Wildman–Crippen LogP) is 4.06. The summed E-state index contributed by atoms with van der Waals surface area (Å²) in [4.78, 5) is 4.55. The summed E-state index contributed by atoms with van der Waals surface area (Å²) in [5.74, 6) is 0. The van der Waals surface area contributed by atoms with Crippen molar-refractivity contribution in [2.45, 2.75) is 26.8 Å². The van der Waals surface area contributed by atoms with Gasteiger partial charge < -0.3 is 5.32 Å². The van der Waals surface area contributed by atoms with Crippen molar-refractivity contribution >= 4 is 22.3 Å². The molecular weight excluding hydrogens is 248 g/mol. The van der Waals surface area contributed by atoms with Crippen molar-refractivity contribution in [1.29, 1.82) is 0 Å². The van der Waals surface area contributed by atoms with Crippen molar-refractivity contribution in [1.82, 2.24) is 14.8 Å². The van der Waals surface area contributed by atoms with E-state index in [0.29, 0.717) is 6.04 Å². The first kappa shape index (κ1) is 12.7. The van der Waals surface area contributed by atoms with E-state index in [2.05, 4.69) is 41.4 Å². The summed E-state index contributed by atoms with van der Waals surface area (Å²) < 4.78 is 1.94. The number of aromatic nitrogens is 3. The molecule has 0 fully saturated rings. The Balaban J connectivity index is 2.01. The lowest BCUT2D eigenvalue weighted by atomic mass is 10.1. The Bertz CT molecular complexity index is 743. The summed E-state index contributed by atoms with van der Waals surface area (Å²) in [6.45, 7) is 6.24. The fourth-order valence-corrected chi connectivity index (χ4v) is 2.25. The van der Waals surface area contributed by atoms with E-state index in [1.165, 1.54) is 0 Å². The number of benzene rings is 1. The molecule has 1 N–H and O–H groups in total. The van der Waals surface area contributed by atoms with Crippen LogP contribution in [0.25, 0.3) is 10.9 Å². The van der Waals surface area contributed by atoms with Gasteiger partial charge in [-0.1, -0.05) is 18.2 Å². The van der Waals surface area contributed by atoms with Gasteiger partial charge in [0.15, 0.2) is 0 Å². The van der Waals surface area contributed by atoms with E-state index in [1.807, 2.05) is 42.2 Å². The van der Waals surface area contributed by atoms with Crippen LogP contribution in [0.4, 0.5) is 11.4 Å². The van der Waals surface area contributed by atoms with Gasteiger partial charge in [-0.25, -0.2) is 0 Å². The molecule has 3 rings (SSSR count). The second-order valence-corrected chi connectivity index (χ2v) is 5.26. The van der Waals surface area contributed by atoms with E-state index in [9.17, 15) is 0 Å². The third-order valence-electron chi connectivity index (χ3n) is 3.25. The second-order valence-electron chi connectivity index (χ2n) is 5.26. The van der Waals surface area contributed by atoms with Gasteiger partial charge in [0.05, 0.1) is 17.4 Å². The highest BCUT2D eigenvalue weighted by Gasteiger charge is 2.06. The Morgan fingerprint density at radius 2 is 2.00 bits per heavy atom. The minimum Gasteiger partial charge on any atom is -0.352 e. The van der Waals surface area contributed by atoms with Crippen LogP contribution in [0.5, 0.6) is 0 Å². The summed E-state index contributed by atoms with van der Waals surface area (Å²) in [6.07, 6.45) is 3.87. The number of nitrogens with one attached hydrogen (secondary N) is 1. The third kappa shape index (κ3) is 2.37. The normalized spacial score (nSPS) is 11.2. The molecule has 0 spiro atoms. The van der Waals surface area contributed by atoms with Gasteiger partial charge in [-0.15, -0.1) is 0 Å². The van der Waals surface area contributed by atoms with Gasteiger partial charge >= 0.3 is 0 Å². The Hall–Kier alpha value is -2.36. The molecule has 0 aliphatic heterocycles. The summed E-state index contributed by atoms with van der Waals surface area (Å²) in [6, 6.07) is 10.6. The number of rotatable bonds is 3. The molecule has 1 aromatic carbocycles. The van der Waals surface area contributed by atoms with Crippen molar-refractivity contribution in [3.8, 4) is 0 Å². The molecule has 3 aromatic rings. The number of para-hydroxylation sites is 1. The van der Waals surface area contributed by atoms with Crippen LogP contribution in [0.2, 0.25) is 0 Å². The van der Waals surface area contributed by atoms with E-state index in [1.54, 1.807) is 0 Å². The highest BCUT2D eigenvalue weighted by atomic mass is 15.3. The maximum absolute atomic E-state index is 4.55. The molecule has 0 saturated heterocycles. The average Bonchev–Trinajstić information content (AvgIpc) is 2.87. The second kappa shape index (κ2) is 4.96. The molecule has 0 unspecified atom stereocenters. The van der Waals surface area contributed by atoms with Gasteiger partial charge in [-0.3, -0.25) is 9.67 Å². The number of fused-ring (bicyclic) bond motifs is 1. The van der Waals surface area contributed by atoms with E-state index >= 15 is 0 Å². The molecule has 0 radical (unpaired) electrons. The lowest BCUT2D eigenvalue weighted by Crippen LogP contribution is -2.00. The van der Waals surface area contributed by atoms with Crippen LogP contribution in [-0.4, -0.2) is 14.8 Å². The average molecular weight is 266 g/mol. The van der Waals surface area contributed by atoms with Crippen LogP contribution in [-0.2, 0) is 0 Å². The number of aryl methyl sites for hydroxylation is 1. The Kier molecular flexibility index (Phi) is 3.14. The molecule has 0 aliphatic carbocycles. The van der Waals surface area contributed by atoms with E-state index in [4.69, 9.17) is 0 Å². The van der Waals surface area contributed by atoms with Crippen molar-refractivity contribution in [2.75, 3.05) is 5.32 Å². The Morgan fingerprint density at radius 1 is 1.20 bits per heavy atom. The molecule has 0 atom stereocenters. The van der Waals surface area contributed by atoms with Crippen molar-refractivity contribution < 1.29 is 0 Å². The quantitative estimate of drug-likeness (QED) is 0.777. The van der Waals surface area contributed by atoms with Crippen LogP contribution in [0.3, 0.4) is 0 Å². The molecule has 0 amide bonds. The van der Waals surface area contributed by atoms with Crippen molar-refractivity contribution in [3.05, 3.63) is 48.4 Å². The summed E-state index contributed by atoms with van der Waals surface area (Å²) in [7, 11) is 0. The molecule has 4 nitrogen and oxygen atoms in total. The van der Waals surface area contributed by atoms with Gasteiger partial charge in [-0.2, -0.15) is 5.10 Å². The fourth-order valence-electron chi connectivity index (χ4n) is 2.25. The summed E-state index contributed by atoms with van der Waals surface area (Å²) in [5, 5.41) is 8.91. The molecule has 0 bridgehead atoms. The molecule has 0 aliphatic rings. The molecule has 2 aromatic heterocycles. The highest BCUT2D eigenvalue weighted by molar-refractivity contribution is 5.93. The van der Waals surface area contributed by atoms with Gasteiger partial charge in [0, 0.05) is 29.0 Å². The molecular formula is C16H18N4. The van der Waals surface area contributed by atoms with Crippen LogP contribution in [0.1, 0.15) is 25.6 Å². The Labute approximate surface area is 118 Å². The summed E-state index contributed by atoms with van der Waals surface area (Å²) >= 11 is 0. The van der Waals surface area contributed by atoms with Crippen LogP contribution < -0.4 is 5.32 Å². The maximum Gasteiger partial charge on any atom is 0.0770 e. The molecule has 0 saturated carbocycles. The zero-order valence-corrected chi connectivity index (χ0v) is 12.0. The number of anilines is 2. The molecule has 20 heavy (non-hydrogen) atoms. The largest absolute Gasteiger partial charge is 0.352 e. The van der Waals surface area contributed by atoms with E-state index in [-0.39, 0.29) is 0 Å². The van der Waals surface area contributed by atoms with Crippen molar-refractivity contribution in [2.24, 2.45) is 0 Å². The van der Waals surface area contributed by atoms with Gasteiger partial charge in [0.1, 0.15) is 0 Å². The zero-order valence-electron chi connectivity index (χ0n) is 12.0. The maximum atomic E-state index is 4.55. The van der Waals surface area contributed by atoms with Gasteiger partial charge in [0.25, 0.3) is 0 Å². The minimum atomic E-state index is 0.362. The fraction of sp³-hybridized carbons (Fsp3) is 0.250. The topological polar surface area (TPSA) is 42.7 Å². The van der Waals surface area contributed by atoms with Crippen LogP contribution in [0, 0.1) is 6.92 Å². The smallest absolute Gasteiger partial charge is 0.0770 e. The third-order valence-corrected chi connectivity index (χ3v) is 3.25. The monoisotopic (exact) mass is 266 g/mol. The first-order valence-corrected chi connectivity index (χ1v) is 6.81. The highest BCUT2D eigenvalue weighted by Crippen LogP contribution is 2.26. The number of pyridine rings is 1. The molecule has 4 heteroatoms. The lowest BCUT2D eigenvalue weighted by Gasteiger charge is -2.09.